The molecule has 0 bridgehead atoms. The van der Waals surface area contributed by atoms with Gasteiger partial charge in [-0.1, -0.05) is 26.0 Å². The van der Waals surface area contributed by atoms with E-state index in [9.17, 15) is 13.0 Å². The Labute approximate surface area is 204 Å². The number of hydrogen-bond donors (Lipinski definition) is 0. The average molecular weight is 453 g/mol. The van der Waals surface area contributed by atoms with Crippen molar-refractivity contribution in [2.24, 2.45) is 0 Å². The Balaban J connectivity index is -0.000000216. The Morgan fingerprint density at radius 3 is 1.87 bits per heavy atom. The van der Waals surface area contributed by atoms with Crippen molar-refractivity contribution in [1.29, 1.82) is 5.26 Å². The summed E-state index contributed by atoms with van der Waals surface area (Å²) in [5, 5.41) is 8.75. The molecule has 0 radical (unpaired) electrons. The summed E-state index contributed by atoms with van der Waals surface area (Å²) >= 11 is 0. The zero-order chi connectivity index (χ0) is 23.5. The molecule has 0 atom stereocenters. The van der Waals surface area contributed by atoms with Gasteiger partial charge in [0.2, 0.25) is 0 Å². The molecule has 0 unspecified atom stereocenters. The van der Waals surface area contributed by atoms with Crippen LogP contribution >= 0.6 is 0 Å². The number of methoxy groups -OCH3 is 2. The van der Waals surface area contributed by atoms with Crippen molar-refractivity contribution < 1.29 is 56.7 Å². The zero-order valence-corrected chi connectivity index (χ0v) is 22.4. The molecule has 10 heteroatoms. The number of ether oxygens (including phenoxy) is 3. The van der Waals surface area contributed by atoms with Crippen molar-refractivity contribution in [3.8, 4) is 11.8 Å². The summed E-state index contributed by atoms with van der Waals surface area (Å²) in [4.78, 5) is 3.14. The first-order chi connectivity index (χ1) is 13.5. The van der Waals surface area contributed by atoms with Crippen LogP contribution in [0.15, 0.2) is 18.2 Å². The van der Waals surface area contributed by atoms with Gasteiger partial charge < -0.3 is 18.8 Å². The number of rotatable bonds is 6. The molecule has 8 nitrogen and oxygen atoms in total. The third kappa shape index (κ3) is 24.9. The fraction of sp³-hybridized carbons (Fsp3) is 0.600. The maximum Gasteiger partial charge on any atom is 1.00 e. The number of nitrogens with zero attached hydrogens (tertiary/aromatic N) is 2. The van der Waals surface area contributed by atoms with E-state index in [0.29, 0.717) is 12.2 Å². The summed E-state index contributed by atoms with van der Waals surface area (Å²) in [5.41, 5.74) is 0.449. The van der Waals surface area contributed by atoms with Crippen molar-refractivity contribution in [1.82, 2.24) is 0 Å². The van der Waals surface area contributed by atoms with Gasteiger partial charge in [0.15, 0.2) is 5.69 Å². The molecule has 1 rings (SSSR count). The Kier molecular flexibility index (Phi) is 27.2. The molecular weight excluding hydrogens is 419 g/mol. The Hall–Kier alpha value is -1.17. The van der Waals surface area contributed by atoms with Crippen LogP contribution in [0.1, 0.15) is 47.1 Å². The zero-order valence-electron chi connectivity index (χ0n) is 19.6. The monoisotopic (exact) mass is 452 g/mol. The van der Waals surface area contributed by atoms with Crippen molar-refractivity contribution in [2.75, 3.05) is 26.6 Å². The minimum absolute atomic E-state index is 0. The molecule has 30 heavy (non-hydrogen) atoms. The van der Waals surface area contributed by atoms with E-state index in [1.54, 1.807) is 14.2 Å². The molecule has 0 heterocycles. The predicted molar refractivity (Wildman–Crippen MR) is 113 cm³/mol. The van der Waals surface area contributed by atoms with Crippen LogP contribution in [0, 0.1) is 17.9 Å². The van der Waals surface area contributed by atoms with Gasteiger partial charge in [-0.2, -0.15) is 5.26 Å². The van der Waals surface area contributed by atoms with Gasteiger partial charge in [0.05, 0.1) is 40.2 Å². The fourth-order valence-electron chi connectivity index (χ4n) is 1.05. The molecule has 0 N–H and O–H groups in total. The van der Waals surface area contributed by atoms with Crippen LogP contribution in [0.3, 0.4) is 0 Å². The quantitative estimate of drug-likeness (QED) is 0.361. The minimum Gasteiger partial charge on any atom is -0.748 e. The van der Waals surface area contributed by atoms with Crippen LogP contribution in [0.25, 0.3) is 4.85 Å². The maximum absolute atomic E-state index is 10.3. The third-order valence-electron chi connectivity index (χ3n) is 2.75. The molecule has 0 amide bonds. The van der Waals surface area contributed by atoms with Gasteiger partial charge in [0.25, 0.3) is 0 Å². The third-order valence-corrected chi connectivity index (χ3v) is 3.42. The standard InChI is InChI=1S/C10H8N2O4S.2C4H10O.C2H6.Na/c1-12-9-3-2-8(7-11)10(6-9)16-4-5-17(13,14)15;2*1-4(2)5-3;1-2;/h2-3,6H,4-5H2,(H,13,14,15);2*4H,1-3H3;1-2H3;/q;;;;+1/p-1. The summed E-state index contributed by atoms with van der Waals surface area (Å²) in [6.07, 6.45) is 0.769. The van der Waals surface area contributed by atoms with Gasteiger partial charge in [0, 0.05) is 14.2 Å². The summed E-state index contributed by atoms with van der Waals surface area (Å²) in [6, 6.07) is 6.01. The first-order valence-electron chi connectivity index (χ1n) is 9.04. The van der Waals surface area contributed by atoms with Crippen LogP contribution in [0.2, 0.25) is 0 Å². The van der Waals surface area contributed by atoms with E-state index in [0.717, 1.165) is 0 Å². The van der Waals surface area contributed by atoms with Gasteiger partial charge in [-0.15, -0.1) is 0 Å². The molecule has 0 saturated carbocycles. The summed E-state index contributed by atoms with van der Waals surface area (Å²) < 4.78 is 45.6. The van der Waals surface area contributed by atoms with E-state index in [1.165, 1.54) is 18.2 Å². The summed E-state index contributed by atoms with van der Waals surface area (Å²) in [7, 11) is -0.950. The van der Waals surface area contributed by atoms with Crippen molar-refractivity contribution in [3.63, 3.8) is 0 Å². The van der Waals surface area contributed by atoms with Gasteiger partial charge in [0.1, 0.15) is 18.4 Å². The topological polar surface area (TPSA) is 113 Å². The van der Waals surface area contributed by atoms with E-state index in [1.807, 2.05) is 47.6 Å². The predicted octanol–water partition coefficient (Wildman–Crippen LogP) is 1.15. The van der Waals surface area contributed by atoms with Crippen molar-refractivity contribution in [3.05, 3.63) is 35.2 Å². The van der Waals surface area contributed by atoms with Crippen LogP contribution in [-0.2, 0) is 19.6 Å². The number of nitriles is 1. The fourth-order valence-corrected chi connectivity index (χ4v) is 1.33. The summed E-state index contributed by atoms with van der Waals surface area (Å²) in [6.45, 7) is 18.4. The minimum atomic E-state index is -4.35. The van der Waals surface area contributed by atoms with Crippen molar-refractivity contribution in [2.45, 2.75) is 53.8 Å². The van der Waals surface area contributed by atoms with Crippen LogP contribution in [0.5, 0.6) is 5.75 Å². The molecule has 0 spiro atoms. The molecular formula is C20H33N2NaO6S. The Morgan fingerprint density at radius 2 is 1.57 bits per heavy atom. The van der Waals surface area contributed by atoms with E-state index >= 15 is 0 Å². The second-order valence-electron chi connectivity index (χ2n) is 5.58. The van der Waals surface area contributed by atoms with Gasteiger partial charge >= 0.3 is 29.6 Å². The summed E-state index contributed by atoms with van der Waals surface area (Å²) in [5.74, 6) is -0.579. The Bertz CT molecular complexity index is 718. The molecule has 0 saturated heterocycles. The number of hydrogen-bond acceptors (Lipinski definition) is 7. The van der Waals surface area contributed by atoms with E-state index < -0.39 is 15.9 Å². The molecule has 166 valence electrons. The smallest absolute Gasteiger partial charge is 0.748 e. The molecule has 0 fully saturated rings. The second kappa shape index (κ2) is 22.5. The van der Waals surface area contributed by atoms with Gasteiger partial charge in [-0.25, -0.2) is 13.3 Å². The SMILES string of the molecule is CC.COC(C)C.COC(C)C.[C-]#[N+]c1ccc(C#N)c(OCCS(=O)(=O)[O-])c1.[Na+]. The van der Waals surface area contributed by atoms with Gasteiger partial charge in [-0.3, -0.25) is 0 Å². The molecule has 0 aliphatic heterocycles. The molecule has 1 aromatic carbocycles. The first kappa shape index (κ1) is 36.2. The second-order valence-corrected chi connectivity index (χ2v) is 7.11. The number of benzene rings is 1. The van der Waals surface area contributed by atoms with E-state index in [4.69, 9.17) is 26.0 Å². The molecule has 0 aliphatic carbocycles. The molecule has 0 aliphatic rings. The van der Waals surface area contributed by atoms with Crippen LogP contribution < -0.4 is 34.3 Å². The van der Waals surface area contributed by atoms with Crippen LogP contribution in [-0.4, -0.2) is 51.8 Å². The first-order valence-corrected chi connectivity index (χ1v) is 10.6. The van der Waals surface area contributed by atoms with Crippen LogP contribution in [0.4, 0.5) is 5.69 Å². The van der Waals surface area contributed by atoms with Gasteiger partial charge in [-0.05, 0) is 33.8 Å². The molecule has 1 aromatic rings. The Morgan fingerprint density at radius 1 is 1.13 bits per heavy atom. The normalized spacial score (nSPS) is 9.23. The maximum atomic E-state index is 10.3. The molecule has 0 aromatic heterocycles. The average Bonchev–Trinajstić information content (AvgIpc) is 2.69. The van der Waals surface area contributed by atoms with E-state index in [2.05, 4.69) is 4.85 Å². The van der Waals surface area contributed by atoms with Crippen molar-refractivity contribution >= 4 is 15.8 Å². The van der Waals surface area contributed by atoms with E-state index in [-0.39, 0.29) is 53.2 Å². The largest absolute Gasteiger partial charge is 1.00 e.